The first-order valence-corrected chi connectivity index (χ1v) is 6.94. The molecule has 0 heterocycles. The average molecular weight is 291 g/mol. The first kappa shape index (κ1) is 14.9. The summed E-state index contributed by atoms with van der Waals surface area (Å²) in [6.45, 7) is 1.33. The van der Waals surface area contributed by atoms with E-state index in [1.807, 2.05) is 61.6 Å². The Labute approximate surface area is 124 Å². The molecule has 0 fully saturated rings. The van der Waals surface area contributed by atoms with Crippen molar-refractivity contribution in [2.45, 2.75) is 6.17 Å². The average Bonchev–Trinajstić information content (AvgIpc) is 2.49. The van der Waals surface area contributed by atoms with Crippen LogP contribution in [0.2, 0.25) is 5.02 Å². The van der Waals surface area contributed by atoms with Gasteiger partial charge < -0.3 is 10.5 Å². The van der Waals surface area contributed by atoms with E-state index in [-0.39, 0.29) is 6.17 Å². The van der Waals surface area contributed by atoms with Gasteiger partial charge in [0, 0.05) is 11.6 Å². The summed E-state index contributed by atoms with van der Waals surface area (Å²) in [5.41, 5.74) is 7.29. The van der Waals surface area contributed by atoms with Crippen LogP contribution in [0.25, 0.3) is 0 Å². The summed E-state index contributed by atoms with van der Waals surface area (Å²) in [6.07, 6.45) is -0.120. The summed E-state index contributed by atoms with van der Waals surface area (Å²) in [4.78, 5) is 2.06. The lowest BCUT2D eigenvalue weighted by Crippen LogP contribution is -2.34. The normalized spacial score (nSPS) is 12.4. The maximum absolute atomic E-state index is 6.19. The molecule has 0 aliphatic carbocycles. The van der Waals surface area contributed by atoms with Crippen LogP contribution in [0.1, 0.15) is 11.7 Å². The highest BCUT2D eigenvalue weighted by atomic mass is 35.5. The Bertz CT molecular complexity index is 516. The standard InChI is InChI=1S/C16H19ClN2O/c1-19(16(18)13-5-3-2-4-6-13)11-12-20-15-9-7-14(17)8-10-15/h2-10,16H,11-12,18H2,1H3. The zero-order valence-electron chi connectivity index (χ0n) is 11.5. The number of nitrogens with zero attached hydrogens (tertiary/aromatic N) is 1. The minimum atomic E-state index is -0.120. The lowest BCUT2D eigenvalue weighted by molar-refractivity contribution is 0.194. The number of benzene rings is 2. The number of hydrogen-bond donors (Lipinski definition) is 1. The molecule has 20 heavy (non-hydrogen) atoms. The molecule has 106 valence electrons. The van der Waals surface area contributed by atoms with Crippen LogP contribution < -0.4 is 10.5 Å². The van der Waals surface area contributed by atoms with Crippen LogP contribution in [0.4, 0.5) is 0 Å². The molecule has 0 aliphatic heterocycles. The number of hydrogen-bond acceptors (Lipinski definition) is 3. The molecular formula is C16H19ClN2O. The molecule has 0 spiro atoms. The van der Waals surface area contributed by atoms with E-state index in [0.29, 0.717) is 11.6 Å². The summed E-state index contributed by atoms with van der Waals surface area (Å²) >= 11 is 5.83. The van der Waals surface area contributed by atoms with Gasteiger partial charge in [-0.2, -0.15) is 0 Å². The Kier molecular flexibility index (Phi) is 5.41. The Hall–Kier alpha value is -1.55. The fraction of sp³-hybridized carbons (Fsp3) is 0.250. The second-order valence-corrected chi connectivity index (χ2v) is 5.07. The fourth-order valence-corrected chi connectivity index (χ4v) is 2.01. The van der Waals surface area contributed by atoms with Gasteiger partial charge in [-0.25, -0.2) is 0 Å². The third-order valence-electron chi connectivity index (χ3n) is 3.14. The minimum Gasteiger partial charge on any atom is -0.492 e. The van der Waals surface area contributed by atoms with E-state index in [4.69, 9.17) is 22.1 Å². The van der Waals surface area contributed by atoms with E-state index in [1.54, 1.807) is 0 Å². The quantitative estimate of drug-likeness (QED) is 0.830. The van der Waals surface area contributed by atoms with Crippen molar-refractivity contribution in [3.63, 3.8) is 0 Å². The Morgan fingerprint density at radius 3 is 2.40 bits per heavy atom. The van der Waals surface area contributed by atoms with Gasteiger partial charge in [0.25, 0.3) is 0 Å². The SMILES string of the molecule is CN(CCOc1ccc(Cl)cc1)C(N)c1ccccc1. The van der Waals surface area contributed by atoms with Gasteiger partial charge in [0.05, 0.1) is 6.17 Å². The second kappa shape index (κ2) is 7.29. The van der Waals surface area contributed by atoms with E-state index in [2.05, 4.69) is 4.90 Å². The first-order chi connectivity index (χ1) is 9.66. The molecule has 2 rings (SSSR count). The highest BCUT2D eigenvalue weighted by molar-refractivity contribution is 6.30. The molecule has 0 aromatic heterocycles. The van der Waals surface area contributed by atoms with Gasteiger partial charge >= 0.3 is 0 Å². The molecule has 0 saturated carbocycles. The molecule has 0 radical (unpaired) electrons. The van der Waals surface area contributed by atoms with Crippen LogP contribution >= 0.6 is 11.6 Å². The van der Waals surface area contributed by atoms with Crippen molar-refractivity contribution in [2.24, 2.45) is 5.73 Å². The molecule has 2 aromatic rings. The third kappa shape index (κ3) is 4.23. The molecule has 1 atom stereocenters. The van der Waals surface area contributed by atoms with Crippen LogP contribution in [0.5, 0.6) is 5.75 Å². The van der Waals surface area contributed by atoms with E-state index >= 15 is 0 Å². The molecule has 2 aromatic carbocycles. The second-order valence-electron chi connectivity index (χ2n) is 4.64. The first-order valence-electron chi connectivity index (χ1n) is 6.56. The largest absolute Gasteiger partial charge is 0.492 e. The molecule has 0 aliphatic rings. The Morgan fingerprint density at radius 2 is 1.75 bits per heavy atom. The van der Waals surface area contributed by atoms with Gasteiger partial charge in [-0.3, -0.25) is 4.90 Å². The third-order valence-corrected chi connectivity index (χ3v) is 3.39. The zero-order chi connectivity index (χ0) is 14.4. The van der Waals surface area contributed by atoms with E-state index in [0.717, 1.165) is 17.9 Å². The summed E-state index contributed by atoms with van der Waals surface area (Å²) < 4.78 is 5.66. The lowest BCUT2D eigenvalue weighted by Gasteiger charge is -2.24. The molecule has 0 saturated heterocycles. The van der Waals surface area contributed by atoms with Crippen LogP contribution in [0.3, 0.4) is 0 Å². The predicted octanol–water partition coefficient (Wildman–Crippen LogP) is 3.31. The van der Waals surface area contributed by atoms with Gasteiger partial charge in [-0.1, -0.05) is 41.9 Å². The van der Waals surface area contributed by atoms with Crippen LogP contribution in [-0.4, -0.2) is 25.1 Å². The minimum absolute atomic E-state index is 0.120. The van der Waals surface area contributed by atoms with Crippen molar-refractivity contribution in [3.8, 4) is 5.75 Å². The number of rotatable bonds is 6. The highest BCUT2D eigenvalue weighted by Crippen LogP contribution is 2.16. The van der Waals surface area contributed by atoms with E-state index in [1.165, 1.54) is 0 Å². The van der Waals surface area contributed by atoms with Crippen molar-refractivity contribution in [1.82, 2.24) is 4.90 Å². The number of halogens is 1. The summed E-state index contributed by atoms with van der Waals surface area (Å²) in [6, 6.07) is 17.4. The van der Waals surface area contributed by atoms with Crippen LogP contribution in [0.15, 0.2) is 54.6 Å². The Balaban J connectivity index is 1.80. The van der Waals surface area contributed by atoms with E-state index < -0.39 is 0 Å². The van der Waals surface area contributed by atoms with Crippen molar-refractivity contribution >= 4 is 11.6 Å². The molecule has 0 amide bonds. The van der Waals surface area contributed by atoms with Crippen molar-refractivity contribution in [2.75, 3.05) is 20.2 Å². The maximum atomic E-state index is 6.19. The topological polar surface area (TPSA) is 38.5 Å². The van der Waals surface area contributed by atoms with Crippen LogP contribution in [0, 0.1) is 0 Å². The number of ether oxygens (including phenoxy) is 1. The molecule has 0 bridgehead atoms. The molecule has 1 unspecified atom stereocenters. The van der Waals surface area contributed by atoms with Crippen molar-refractivity contribution in [1.29, 1.82) is 0 Å². The van der Waals surface area contributed by atoms with Crippen molar-refractivity contribution in [3.05, 3.63) is 65.2 Å². The monoisotopic (exact) mass is 290 g/mol. The van der Waals surface area contributed by atoms with Gasteiger partial charge in [0.2, 0.25) is 0 Å². The lowest BCUT2D eigenvalue weighted by atomic mass is 10.1. The highest BCUT2D eigenvalue weighted by Gasteiger charge is 2.11. The predicted molar refractivity (Wildman–Crippen MR) is 82.9 cm³/mol. The number of nitrogens with two attached hydrogens (primary N) is 1. The molecule has 4 heteroatoms. The zero-order valence-corrected chi connectivity index (χ0v) is 12.3. The number of likely N-dealkylation sites (N-methyl/N-ethyl adjacent to an activating group) is 1. The smallest absolute Gasteiger partial charge is 0.119 e. The maximum Gasteiger partial charge on any atom is 0.119 e. The van der Waals surface area contributed by atoms with Crippen LogP contribution in [-0.2, 0) is 0 Å². The van der Waals surface area contributed by atoms with Gasteiger partial charge in [-0.15, -0.1) is 0 Å². The summed E-state index contributed by atoms with van der Waals surface area (Å²) in [5, 5.41) is 0.709. The van der Waals surface area contributed by atoms with Crippen molar-refractivity contribution < 1.29 is 4.74 Å². The summed E-state index contributed by atoms with van der Waals surface area (Å²) in [7, 11) is 1.99. The summed E-state index contributed by atoms with van der Waals surface area (Å²) in [5.74, 6) is 0.816. The Morgan fingerprint density at radius 1 is 1.10 bits per heavy atom. The van der Waals surface area contributed by atoms with Gasteiger partial charge in [0.15, 0.2) is 0 Å². The van der Waals surface area contributed by atoms with Gasteiger partial charge in [-0.05, 0) is 36.9 Å². The molecule has 3 nitrogen and oxygen atoms in total. The van der Waals surface area contributed by atoms with E-state index in [9.17, 15) is 0 Å². The molecular weight excluding hydrogens is 272 g/mol. The van der Waals surface area contributed by atoms with Gasteiger partial charge in [0.1, 0.15) is 12.4 Å². The fourth-order valence-electron chi connectivity index (χ4n) is 1.88. The molecule has 2 N–H and O–H groups in total.